The predicted molar refractivity (Wildman–Crippen MR) is 63.4 cm³/mol. The summed E-state index contributed by atoms with van der Waals surface area (Å²) >= 11 is 0. The highest BCUT2D eigenvalue weighted by atomic mass is 16.7. The van der Waals surface area contributed by atoms with Crippen molar-refractivity contribution >= 4 is 0 Å². The molecule has 1 aromatic carbocycles. The molecule has 0 spiro atoms. The molecule has 0 bridgehead atoms. The Morgan fingerprint density at radius 2 is 2.06 bits per heavy atom. The van der Waals surface area contributed by atoms with Gasteiger partial charge in [-0.25, -0.2) is 0 Å². The maximum atomic E-state index is 5.42. The van der Waals surface area contributed by atoms with Crippen LogP contribution in [0.25, 0.3) is 11.3 Å². The highest BCUT2D eigenvalue weighted by Gasteiger charge is 2.20. The molecule has 0 amide bonds. The Bertz CT molecular complexity index is 516. The van der Waals surface area contributed by atoms with Gasteiger partial charge in [-0.15, -0.1) is 0 Å². The van der Waals surface area contributed by atoms with E-state index in [1.807, 2.05) is 18.2 Å². The van der Waals surface area contributed by atoms with E-state index < -0.39 is 0 Å². The van der Waals surface area contributed by atoms with Gasteiger partial charge < -0.3 is 9.47 Å². The average Bonchev–Trinajstić information content (AvgIpc) is 3.00. The first-order chi connectivity index (χ1) is 8.33. The van der Waals surface area contributed by atoms with Gasteiger partial charge in [0, 0.05) is 5.56 Å². The lowest BCUT2D eigenvalue weighted by Gasteiger charge is -2.04. The molecule has 4 heteroatoms. The number of hydrogen-bond acceptors (Lipinski definition) is 3. The standard InChI is InChI=1S/C13H14N2O2/c1-9-3-2-4-10(7-9)11-8-12(15-14-11)13-16-5-6-17-13/h2-4,7-8,13H,5-6H2,1H3,(H,14,15). The zero-order valence-electron chi connectivity index (χ0n) is 9.64. The van der Waals surface area contributed by atoms with Crippen LogP contribution in [0.1, 0.15) is 17.5 Å². The lowest BCUT2D eigenvalue weighted by atomic mass is 10.1. The Balaban J connectivity index is 1.89. The summed E-state index contributed by atoms with van der Waals surface area (Å²) < 4.78 is 10.8. The molecule has 1 N–H and O–H groups in total. The van der Waals surface area contributed by atoms with Crippen molar-refractivity contribution in [3.05, 3.63) is 41.6 Å². The smallest absolute Gasteiger partial charge is 0.200 e. The molecule has 0 atom stereocenters. The first kappa shape index (κ1) is 10.5. The van der Waals surface area contributed by atoms with Gasteiger partial charge in [0.15, 0.2) is 0 Å². The Morgan fingerprint density at radius 3 is 2.82 bits per heavy atom. The van der Waals surface area contributed by atoms with Gasteiger partial charge in [0.05, 0.1) is 24.6 Å². The summed E-state index contributed by atoms with van der Waals surface area (Å²) in [5.41, 5.74) is 4.12. The SMILES string of the molecule is Cc1cccc(-c2cc(C3OCCO3)[nH]n2)c1. The lowest BCUT2D eigenvalue weighted by molar-refractivity contribution is -0.0473. The molecular weight excluding hydrogens is 216 g/mol. The molecule has 1 aromatic heterocycles. The summed E-state index contributed by atoms with van der Waals surface area (Å²) in [5.74, 6) is 0. The van der Waals surface area contributed by atoms with Gasteiger partial charge in [-0.2, -0.15) is 5.10 Å². The Kier molecular flexibility index (Phi) is 2.66. The average molecular weight is 230 g/mol. The zero-order chi connectivity index (χ0) is 11.7. The quantitative estimate of drug-likeness (QED) is 0.861. The number of rotatable bonds is 2. The fourth-order valence-electron chi connectivity index (χ4n) is 1.95. The van der Waals surface area contributed by atoms with Crippen molar-refractivity contribution in [3.8, 4) is 11.3 Å². The number of aromatic amines is 1. The highest BCUT2D eigenvalue weighted by Crippen LogP contribution is 2.25. The largest absolute Gasteiger partial charge is 0.345 e. The monoisotopic (exact) mass is 230 g/mol. The summed E-state index contributed by atoms with van der Waals surface area (Å²) in [6, 6.07) is 10.2. The van der Waals surface area contributed by atoms with Crippen LogP contribution in [-0.2, 0) is 9.47 Å². The van der Waals surface area contributed by atoms with Gasteiger partial charge in [-0.3, -0.25) is 5.10 Å². The molecule has 0 saturated carbocycles. The summed E-state index contributed by atoms with van der Waals surface area (Å²) in [7, 11) is 0. The van der Waals surface area contributed by atoms with Gasteiger partial charge in [0.2, 0.25) is 6.29 Å². The van der Waals surface area contributed by atoms with Crippen LogP contribution in [0.5, 0.6) is 0 Å². The molecule has 0 radical (unpaired) electrons. The van der Waals surface area contributed by atoms with Crippen LogP contribution < -0.4 is 0 Å². The highest BCUT2D eigenvalue weighted by molar-refractivity contribution is 5.60. The molecule has 1 fully saturated rings. The Morgan fingerprint density at radius 1 is 1.24 bits per heavy atom. The van der Waals surface area contributed by atoms with Crippen molar-refractivity contribution in [1.29, 1.82) is 0 Å². The third kappa shape index (κ3) is 2.09. The number of nitrogens with one attached hydrogen (secondary N) is 1. The first-order valence-electron chi connectivity index (χ1n) is 5.68. The summed E-state index contributed by atoms with van der Waals surface area (Å²) in [6.45, 7) is 3.35. The van der Waals surface area contributed by atoms with Gasteiger partial charge >= 0.3 is 0 Å². The van der Waals surface area contributed by atoms with Crippen molar-refractivity contribution < 1.29 is 9.47 Å². The molecule has 17 heavy (non-hydrogen) atoms. The van der Waals surface area contributed by atoms with Gasteiger partial charge in [-0.1, -0.05) is 23.8 Å². The van der Waals surface area contributed by atoms with Crippen LogP contribution >= 0.6 is 0 Å². The molecular formula is C13H14N2O2. The second kappa shape index (κ2) is 4.31. The number of aryl methyl sites for hydroxylation is 1. The van der Waals surface area contributed by atoms with E-state index in [1.165, 1.54) is 5.56 Å². The van der Waals surface area contributed by atoms with Crippen molar-refractivity contribution in [2.45, 2.75) is 13.2 Å². The fraction of sp³-hybridized carbons (Fsp3) is 0.308. The number of aromatic nitrogens is 2. The van der Waals surface area contributed by atoms with Crippen molar-refractivity contribution in [2.24, 2.45) is 0 Å². The second-order valence-electron chi connectivity index (χ2n) is 4.15. The summed E-state index contributed by atoms with van der Waals surface area (Å²) in [6.07, 6.45) is -0.291. The van der Waals surface area contributed by atoms with Crippen LogP contribution in [0.2, 0.25) is 0 Å². The van der Waals surface area contributed by atoms with Gasteiger partial charge in [0.25, 0.3) is 0 Å². The zero-order valence-corrected chi connectivity index (χ0v) is 9.64. The Labute approximate surface area is 99.6 Å². The van der Waals surface area contributed by atoms with E-state index in [9.17, 15) is 0 Å². The topological polar surface area (TPSA) is 47.1 Å². The fourth-order valence-corrected chi connectivity index (χ4v) is 1.95. The second-order valence-corrected chi connectivity index (χ2v) is 4.15. The lowest BCUT2D eigenvalue weighted by Crippen LogP contribution is -1.97. The van der Waals surface area contributed by atoms with Gasteiger partial charge in [0.1, 0.15) is 0 Å². The van der Waals surface area contributed by atoms with Crippen LogP contribution in [0.3, 0.4) is 0 Å². The van der Waals surface area contributed by atoms with E-state index >= 15 is 0 Å². The van der Waals surface area contributed by atoms with E-state index in [0.717, 1.165) is 17.0 Å². The van der Waals surface area contributed by atoms with E-state index in [-0.39, 0.29) is 6.29 Å². The van der Waals surface area contributed by atoms with Crippen molar-refractivity contribution in [1.82, 2.24) is 10.2 Å². The molecule has 2 aromatic rings. The number of benzene rings is 1. The minimum atomic E-state index is -0.291. The number of ether oxygens (including phenoxy) is 2. The van der Waals surface area contributed by atoms with E-state index in [1.54, 1.807) is 0 Å². The third-order valence-electron chi connectivity index (χ3n) is 2.79. The molecule has 0 unspecified atom stereocenters. The maximum Gasteiger partial charge on any atom is 0.200 e. The van der Waals surface area contributed by atoms with Crippen LogP contribution in [0.15, 0.2) is 30.3 Å². The molecule has 3 rings (SSSR count). The summed E-state index contributed by atoms with van der Waals surface area (Å²) in [4.78, 5) is 0. The molecule has 4 nitrogen and oxygen atoms in total. The van der Waals surface area contributed by atoms with Crippen LogP contribution in [0.4, 0.5) is 0 Å². The van der Waals surface area contributed by atoms with Crippen molar-refractivity contribution in [2.75, 3.05) is 13.2 Å². The third-order valence-corrected chi connectivity index (χ3v) is 2.79. The minimum Gasteiger partial charge on any atom is -0.345 e. The number of nitrogens with zero attached hydrogens (tertiary/aromatic N) is 1. The molecule has 1 aliphatic rings. The van der Waals surface area contributed by atoms with E-state index in [4.69, 9.17) is 9.47 Å². The predicted octanol–water partition coefficient (Wildman–Crippen LogP) is 2.43. The normalized spacial score (nSPS) is 16.5. The maximum absolute atomic E-state index is 5.42. The first-order valence-corrected chi connectivity index (χ1v) is 5.68. The Hall–Kier alpha value is -1.65. The summed E-state index contributed by atoms with van der Waals surface area (Å²) in [5, 5.41) is 7.25. The van der Waals surface area contributed by atoms with Crippen LogP contribution in [0, 0.1) is 6.92 Å². The van der Waals surface area contributed by atoms with E-state index in [2.05, 4.69) is 29.3 Å². The molecule has 0 aliphatic carbocycles. The van der Waals surface area contributed by atoms with E-state index in [0.29, 0.717) is 13.2 Å². The molecule has 1 aliphatic heterocycles. The minimum absolute atomic E-state index is 0.291. The van der Waals surface area contributed by atoms with Crippen LogP contribution in [-0.4, -0.2) is 23.4 Å². The molecule has 88 valence electrons. The van der Waals surface area contributed by atoms with Crippen molar-refractivity contribution in [3.63, 3.8) is 0 Å². The van der Waals surface area contributed by atoms with Gasteiger partial charge in [-0.05, 0) is 19.1 Å². The number of hydrogen-bond donors (Lipinski definition) is 1. The molecule has 1 saturated heterocycles. The molecule has 2 heterocycles. The number of H-pyrrole nitrogens is 1.